The average molecular weight is 409 g/mol. The lowest BCUT2D eigenvalue weighted by molar-refractivity contribution is -0.119. The van der Waals surface area contributed by atoms with Crippen molar-refractivity contribution in [1.29, 1.82) is 0 Å². The van der Waals surface area contributed by atoms with Crippen LogP contribution in [0.2, 0.25) is 0 Å². The highest BCUT2D eigenvalue weighted by Crippen LogP contribution is 2.30. The van der Waals surface area contributed by atoms with Crippen LogP contribution in [0, 0.1) is 6.92 Å². The number of ether oxygens (including phenoxy) is 1. The van der Waals surface area contributed by atoms with E-state index in [-0.39, 0.29) is 11.9 Å². The van der Waals surface area contributed by atoms with Gasteiger partial charge < -0.3 is 10.1 Å². The Bertz CT molecular complexity index is 1000. The Morgan fingerprint density at radius 3 is 2.79 bits per heavy atom. The zero-order valence-electron chi connectivity index (χ0n) is 16.6. The third-order valence-corrected chi connectivity index (χ3v) is 6.09. The van der Waals surface area contributed by atoms with Crippen LogP contribution >= 0.6 is 11.8 Å². The van der Waals surface area contributed by atoms with E-state index in [1.807, 2.05) is 41.8 Å². The molecule has 2 aromatic carbocycles. The predicted octanol–water partition coefficient (Wildman–Crippen LogP) is 3.87. The first kappa shape index (κ1) is 19.5. The van der Waals surface area contributed by atoms with E-state index < -0.39 is 0 Å². The van der Waals surface area contributed by atoms with Crippen molar-refractivity contribution >= 4 is 17.7 Å². The second-order valence-electron chi connectivity index (χ2n) is 7.06. The maximum absolute atomic E-state index is 12.6. The summed E-state index contributed by atoms with van der Waals surface area (Å²) in [5.74, 6) is 1.88. The lowest BCUT2D eigenvalue weighted by Crippen LogP contribution is -2.32. The number of carbonyl (C=O) groups excluding carboxylic acids is 1. The fraction of sp³-hybridized carbons (Fsp3) is 0.318. The molecular weight excluding hydrogens is 384 g/mol. The topological polar surface area (TPSA) is 69.0 Å². The quantitative estimate of drug-likeness (QED) is 0.627. The monoisotopic (exact) mass is 408 g/mol. The van der Waals surface area contributed by atoms with E-state index in [2.05, 4.69) is 33.7 Å². The Balaban J connectivity index is 1.43. The molecule has 1 aliphatic carbocycles. The third kappa shape index (κ3) is 4.29. The number of methoxy groups -OCH3 is 1. The summed E-state index contributed by atoms with van der Waals surface area (Å²) < 4.78 is 7.18. The van der Waals surface area contributed by atoms with Crippen LogP contribution < -0.4 is 10.1 Å². The minimum absolute atomic E-state index is 0.0126. The van der Waals surface area contributed by atoms with Gasteiger partial charge in [-0.2, -0.15) is 0 Å². The van der Waals surface area contributed by atoms with Crippen molar-refractivity contribution in [1.82, 2.24) is 20.1 Å². The van der Waals surface area contributed by atoms with Crippen LogP contribution in [0.25, 0.3) is 5.69 Å². The fourth-order valence-electron chi connectivity index (χ4n) is 3.73. The van der Waals surface area contributed by atoms with Gasteiger partial charge in [-0.15, -0.1) is 10.2 Å². The van der Waals surface area contributed by atoms with Crippen molar-refractivity contribution in [2.75, 3.05) is 12.9 Å². The minimum Gasteiger partial charge on any atom is -0.497 e. The molecule has 1 heterocycles. The molecule has 0 spiro atoms. The Hall–Kier alpha value is -2.80. The molecule has 0 bridgehead atoms. The van der Waals surface area contributed by atoms with E-state index in [1.165, 1.54) is 22.9 Å². The van der Waals surface area contributed by atoms with E-state index in [0.717, 1.165) is 36.5 Å². The van der Waals surface area contributed by atoms with Crippen molar-refractivity contribution in [2.24, 2.45) is 0 Å². The summed E-state index contributed by atoms with van der Waals surface area (Å²) in [6.07, 6.45) is 3.16. The first-order valence-corrected chi connectivity index (χ1v) is 10.7. The normalized spacial score (nSPS) is 15.6. The second kappa shape index (κ2) is 8.69. The summed E-state index contributed by atoms with van der Waals surface area (Å²) >= 11 is 1.40. The largest absolute Gasteiger partial charge is 0.497 e. The third-order valence-electron chi connectivity index (χ3n) is 5.16. The van der Waals surface area contributed by atoms with E-state index in [9.17, 15) is 4.79 Å². The Labute approximate surface area is 174 Å². The van der Waals surface area contributed by atoms with E-state index in [1.54, 1.807) is 7.11 Å². The van der Waals surface area contributed by atoms with Crippen molar-refractivity contribution in [3.8, 4) is 11.4 Å². The number of rotatable bonds is 6. The molecule has 0 radical (unpaired) electrons. The molecule has 0 aliphatic heterocycles. The van der Waals surface area contributed by atoms with Crippen molar-refractivity contribution in [3.63, 3.8) is 0 Å². The molecule has 1 N–H and O–H groups in total. The molecule has 1 unspecified atom stereocenters. The summed E-state index contributed by atoms with van der Waals surface area (Å²) in [6.45, 7) is 1.90. The van der Waals surface area contributed by atoms with Crippen LogP contribution in [0.4, 0.5) is 0 Å². The number of benzene rings is 2. The smallest absolute Gasteiger partial charge is 0.230 e. The van der Waals surface area contributed by atoms with E-state index in [4.69, 9.17) is 4.74 Å². The molecule has 3 aromatic rings. The molecule has 29 heavy (non-hydrogen) atoms. The van der Waals surface area contributed by atoms with Gasteiger partial charge in [0, 0.05) is 5.69 Å². The van der Waals surface area contributed by atoms with Gasteiger partial charge in [0.25, 0.3) is 0 Å². The van der Waals surface area contributed by atoms with Crippen molar-refractivity contribution < 1.29 is 9.53 Å². The highest BCUT2D eigenvalue weighted by molar-refractivity contribution is 7.99. The fourth-order valence-corrected chi connectivity index (χ4v) is 4.54. The molecule has 6 nitrogen and oxygen atoms in total. The van der Waals surface area contributed by atoms with Crippen LogP contribution in [-0.4, -0.2) is 33.5 Å². The molecular formula is C22H24N4O2S. The van der Waals surface area contributed by atoms with Crippen LogP contribution in [-0.2, 0) is 11.2 Å². The number of nitrogens with one attached hydrogen (secondary N) is 1. The molecule has 4 rings (SSSR count). The highest BCUT2D eigenvalue weighted by Gasteiger charge is 2.22. The van der Waals surface area contributed by atoms with E-state index >= 15 is 0 Å². The van der Waals surface area contributed by atoms with E-state index in [0.29, 0.717) is 10.9 Å². The lowest BCUT2D eigenvalue weighted by Gasteiger charge is -2.26. The highest BCUT2D eigenvalue weighted by atomic mass is 32.2. The molecule has 0 saturated heterocycles. The Morgan fingerprint density at radius 1 is 1.21 bits per heavy atom. The molecule has 150 valence electrons. The number of aryl methyl sites for hydroxylation is 2. The molecule has 7 heteroatoms. The van der Waals surface area contributed by atoms with Crippen molar-refractivity contribution in [2.45, 2.75) is 37.4 Å². The summed E-state index contributed by atoms with van der Waals surface area (Å²) in [5, 5.41) is 12.3. The standard InChI is InChI=1S/C22H24N4O2S/c1-15-24-25-22(26(15)17-10-12-18(28-2)13-11-17)29-14-21(27)23-20-9-5-7-16-6-3-4-8-19(16)20/h3-4,6,8,10-13,20H,5,7,9,14H2,1-2H3,(H,23,27). The lowest BCUT2D eigenvalue weighted by atomic mass is 9.88. The van der Waals surface area contributed by atoms with Gasteiger partial charge in [0.15, 0.2) is 5.16 Å². The summed E-state index contributed by atoms with van der Waals surface area (Å²) in [6, 6.07) is 16.2. The molecule has 1 amide bonds. The molecule has 1 aliphatic rings. The number of fused-ring (bicyclic) bond motifs is 1. The molecule has 0 fully saturated rings. The average Bonchev–Trinajstić information content (AvgIpc) is 3.13. The van der Waals surface area contributed by atoms with Gasteiger partial charge in [0.05, 0.1) is 18.9 Å². The summed E-state index contributed by atoms with van der Waals surface area (Å²) in [4.78, 5) is 12.6. The second-order valence-corrected chi connectivity index (χ2v) is 8.01. The Morgan fingerprint density at radius 2 is 2.00 bits per heavy atom. The van der Waals surface area contributed by atoms with Gasteiger partial charge in [-0.3, -0.25) is 9.36 Å². The zero-order chi connectivity index (χ0) is 20.2. The molecule has 1 aromatic heterocycles. The first-order chi connectivity index (χ1) is 14.2. The zero-order valence-corrected chi connectivity index (χ0v) is 17.4. The number of carbonyl (C=O) groups is 1. The molecule has 0 saturated carbocycles. The Kier molecular flexibility index (Phi) is 5.85. The van der Waals surface area contributed by atoms with Crippen LogP contribution in [0.5, 0.6) is 5.75 Å². The number of nitrogens with zero attached hydrogens (tertiary/aromatic N) is 3. The predicted molar refractivity (Wildman–Crippen MR) is 114 cm³/mol. The van der Waals surface area contributed by atoms with Gasteiger partial charge in [-0.05, 0) is 61.6 Å². The number of thioether (sulfide) groups is 1. The van der Waals surface area contributed by atoms with Gasteiger partial charge in [0.1, 0.15) is 11.6 Å². The molecule has 1 atom stereocenters. The SMILES string of the molecule is COc1ccc(-n2c(C)nnc2SCC(=O)NC2CCCc3ccccc32)cc1. The number of amides is 1. The van der Waals surface area contributed by atoms with Gasteiger partial charge in [-0.25, -0.2) is 0 Å². The van der Waals surface area contributed by atoms with Crippen LogP contribution in [0.3, 0.4) is 0 Å². The van der Waals surface area contributed by atoms with Crippen LogP contribution in [0.1, 0.15) is 35.8 Å². The van der Waals surface area contributed by atoms with Crippen molar-refractivity contribution in [3.05, 3.63) is 65.5 Å². The summed E-state index contributed by atoms with van der Waals surface area (Å²) in [5.41, 5.74) is 3.53. The minimum atomic E-state index is 0.0126. The maximum atomic E-state index is 12.6. The van der Waals surface area contributed by atoms with Gasteiger partial charge in [-0.1, -0.05) is 36.0 Å². The van der Waals surface area contributed by atoms with Gasteiger partial charge >= 0.3 is 0 Å². The van der Waals surface area contributed by atoms with Gasteiger partial charge in [0.2, 0.25) is 5.91 Å². The van der Waals surface area contributed by atoms with Crippen LogP contribution in [0.15, 0.2) is 53.7 Å². The maximum Gasteiger partial charge on any atom is 0.230 e. The number of hydrogen-bond donors (Lipinski definition) is 1. The summed E-state index contributed by atoms with van der Waals surface area (Å²) in [7, 11) is 1.64. The number of hydrogen-bond acceptors (Lipinski definition) is 5. The first-order valence-electron chi connectivity index (χ1n) is 9.72. The number of aromatic nitrogens is 3.